The van der Waals surface area contributed by atoms with Gasteiger partial charge in [0.25, 0.3) is 0 Å². The van der Waals surface area contributed by atoms with E-state index in [0.717, 1.165) is 24.1 Å². The third kappa shape index (κ3) is 13.4. The van der Waals surface area contributed by atoms with Crippen molar-refractivity contribution in [2.45, 2.75) is 46.4 Å². The predicted octanol–water partition coefficient (Wildman–Crippen LogP) is 2.54. The molecule has 10 heteroatoms. The molecule has 1 atom stereocenters. The van der Waals surface area contributed by atoms with Gasteiger partial charge in [0.2, 0.25) is 5.91 Å². The monoisotopic (exact) mass is 476 g/mol. The molecule has 0 saturated heterocycles. The number of methoxy groups -OCH3 is 1. The van der Waals surface area contributed by atoms with Crippen LogP contribution in [-0.4, -0.2) is 69.5 Å². The van der Waals surface area contributed by atoms with E-state index >= 15 is 0 Å². The van der Waals surface area contributed by atoms with Gasteiger partial charge >= 0.3 is 0 Å². The number of amides is 1. The number of carbonyl (C=O) groups excluding carboxylic acids is 1. The number of allylic oxidation sites excluding steroid dienone is 1. The van der Waals surface area contributed by atoms with Crippen molar-refractivity contribution in [2.75, 3.05) is 33.9 Å². The Morgan fingerprint density at radius 3 is 2.50 bits per heavy atom. The number of aryl methyl sites for hydroxylation is 1. The molecule has 2 aromatic heterocycles. The molecule has 2 aromatic rings. The van der Waals surface area contributed by atoms with E-state index < -0.39 is 12.1 Å². The Morgan fingerprint density at radius 1 is 1.44 bits per heavy atom. The van der Waals surface area contributed by atoms with Gasteiger partial charge in [-0.2, -0.15) is 5.26 Å². The van der Waals surface area contributed by atoms with E-state index in [1.165, 1.54) is 0 Å². The van der Waals surface area contributed by atoms with Crippen LogP contribution >= 0.6 is 0 Å². The highest BCUT2D eigenvalue weighted by Gasteiger charge is 2.15. The van der Waals surface area contributed by atoms with E-state index in [2.05, 4.69) is 23.1 Å². The lowest BCUT2D eigenvalue weighted by molar-refractivity contribution is -0.114. The van der Waals surface area contributed by atoms with Gasteiger partial charge in [-0.25, -0.2) is 9.97 Å². The molecule has 0 aliphatic rings. The first kappa shape index (κ1) is 33.1. The molecule has 2 rings (SSSR count). The zero-order valence-electron chi connectivity index (χ0n) is 21.1. The van der Waals surface area contributed by atoms with Gasteiger partial charge in [-0.15, -0.1) is 6.58 Å². The molecule has 0 radical (unpaired) electrons. The van der Waals surface area contributed by atoms with Gasteiger partial charge in [0.1, 0.15) is 11.7 Å². The Labute approximate surface area is 203 Å². The second kappa shape index (κ2) is 20.5. The summed E-state index contributed by atoms with van der Waals surface area (Å²) in [5.41, 5.74) is 7.31. The molecule has 1 amide bonds. The molecule has 190 valence electrons. The highest BCUT2D eigenvalue weighted by Crippen LogP contribution is 2.19. The van der Waals surface area contributed by atoms with Gasteiger partial charge in [-0.05, 0) is 26.5 Å². The van der Waals surface area contributed by atoms with E-state index in [0.29, 0.717) is 30.7 Å². The van der Waals surface area contributed by atoms with Crippen LogP contribution in [0.15, 0.2) is 43.4 Å². The first-order valence-corrected chi connectivity index (χ1v) is 10.9. The predicted molar refractivity (Wildman–Crippen MR) is 134 cm³/mol. The number of pyridine rings is 1. The van der Waals surface area contributed by atoms with Crippen molar-refractivity contribution < 1.29 is 19.7 Å². The lowest BCUT2D eigenvalue weighted by Crippen LogP contribution is -2.27. The van der Waals surface area contributed by atoms with Crippen LogP contribution in [-0.2, 0) is 16.1 Å². The van der Waals surface area contributed by atoms with Crippen molar-refractivity contribution in [1.29, 1.82) is 5.26 Å². The number of fused-ring (bicyclic) bond motifs is 1. The maximum atomic E-state index is 10.2. The summed E-state index contributed by atoms with van der Waals surface area (Å²) in [5, 5.41) is 26.8. The third-order valence-corrected chi connectivity index (χ3v) is 4.05. The first-order chi connectivity index (χ1) is 16.2. The highest BCUT2D eigenvalue weighted by atomic mass is 16.5. The van der Waals surface area contributed by atoms with Gasteiger partial charge in [-0.1, -0.05) is 26.5 Å². The van der Waals surface area contributed by atoms with E-state index in [1.807, 2.05) is 30.6 Å². The number of hydrogen-bond donors (Lipinski definition) is 3. The van der Waals surface area contributed by atoms with Crippen molar-refractivity contribution in [2.24, 2.45) is 5.73 Å². The first-order valence-electron chi connectivity index (χ1n) is 10.9. The van der Waals surface area contributed by atoms with Gasteiger partial charge in [0, 0.05) is 44.1 Å². The summed E-state index contributed by atoms with van der Waals surface area (Å²) in [7, 11) is 3.43. The molecule has 0 saturated carbocycles. The number of primary amides is 1. The van der Waals surface area contributed by atoms with Crippen molar-refractivity contribution >= 4 is 17.1 Å². The number of nitriles is 1. The minimum absolute atomic E-state index is 0.00262. The number of likely N-dealkylation sites (N-methyl/N-ethyl adjacent to an activating group) is 1. The number of aromatic nitrogens is 3. The van der Waals surface area contributed by atoms with Gasteiger partial charge in [0.15, 0.2) is 5.65 Å². The number of ether oxygens (including phenoxy) is 1. The lowest BCUT2D eigenvalue weighted by atomic mass is 10.2. The molecule has 1 unspecified atom stereocenters. The van der Waals surface area contributed by atoms with Crippen LogP contribution in [0.2, 0.25) is 0 Å². The Balaban J connectivity index is 0. The maximum absolute atomic E-state index is 10.2. The minimum atomic E-state index is -0.798. The third-order valence-electron chi connectivity index (χ3n) is 4.05. The summed E-state index contributed by atoms with van der Waals surface area (Å²) < 4.78 is 7.01. The molecule has 34 heavy (non-hydrogen) atoms. The highest BCUT2D eigenvalue weighted by molar-refractivity contribution is 5.90. The molecule has 0 bridgehead atoms. The average Bonchev–Trinajstić information content (AvgIpc) is 3.23. The smallest absolute Gasteiger partial charge is 0.243 e. The number of rotatable bonds is 10. The number of carbonyl (C=O) groups is 1. The maximum Gasteiger partial charge on any atom is 0.243 e. The van der Waals surface area contributed by atoms with Crippen LogP contribution in [0, 0.1) is 11.3 Å². The Bertz CT molecular complexity index is 879. The number of nitrogens with zero attached hydrogens (tertiary/aromatic N) is 5. The summed E-state index contributed by atoms with van der Waals surface area (Å²) in [5.74, 6) is -0.435. The fourth-order valence-corrected chi connectivity index (χ4v) is 2.25. The largest absolute Gasteiger partial charge is 0.395 e. The minimum Gasteiger partial charge on any atom is -0.395 e. The SMILES string of the molecule is C=C(C)C(N)=O.C=CCC#N.CC.COCCCn1cnc2cc(C(O)N(C)CCO)cnc21. The molecule has 0 aliphatic heterocycles. The zero-order valence-corrected chi connectivity index (χ0v) is 21.1. The summed E-state index contributed by atoms with van der Waals surface area (Å²) >= 11 is 0. The van der Waals surface area contributed by atoms with Crippen molar-refractivity contribution in [3.05, 3.63) is 49.0 Å². The number of aliphatic hydroxyl groups excluding tert-OH is 2. The van der Waals surface area contributed by atoms with Gasteiger partial charge in [0.05, 0.1) is 25.4 Å². The summed E-state index contributed by atoms with van der Waals surface area (Å²) in [6.07, 6.45) is 5.52. The molecular weight excluding hydrogens is 436 g/mol. The van der Waals surface area contributed by atoms with Crippen LogP contribution in [0.5, 0.6) is 0 Å². The topological polar surface area (TPSA) is 151 Å². The summed E-state index contributed by atoms with van der Waals surface area (Å²) in [4.78, 5) is 20.2. The molecule has 0 aliphatic carbocycles. The molecule has 2 heterocycles. The Hall–Kier alpha value is -3.10. The van der Waals surface area contributed by atoms with Crippen LogP contribution < -0.4 is 5.73 Å². The fraction of sp³-hybridized carbons (Fsp3) is 0.500. The zero-order chi connectivity index (χ0) is 26.5. The fourth-order valence-electron chi connectivity index (χ4n) is 2.25. The van der Waals surface area contributed by atoms with E-state index in [4.69, 9.17) is 20.8 Å². The van der Waals surface area contributed by atoms with E-state index in [1.54, 1.807) is 44.6 Å². The van der Waals surface area contributed by atoms with Gasteiger partial charge in [-0.3, -0.25) is 9.69 Å². The Kier molecular flexibility index (Phi) is 19.9. The van der Waals surface area contributed by atoms with E-state index in [-0.39, 0.29) is 6.61 Å². The molecule has 0 spiro atoms. The summed E-state index contributed by atoms with van der Waals surface area (Å²) in [6.45, 7) is 14.1. The van der Waals surface area contributed by atoms with Crippen molar-refractivity contribution in [1.82, 2.24) is 19.4 Å². The Morgan fingerprint density at radius 2 is 2.06 bits per heavy atom. The molecule has 0 aromatic carbocycles. The van der Waals surface area contributed by atoms with Crippen molar-refractivity contribution in [3.63, 3.8) is 0 Å². The standard InChI is InChI=1S/C14H22N4O3.C4H7NO.C4H5N.C2H6/c1-17(5-6-19)14(20)11-8-12-13(15-9-11)18(10-16-12)4-3-7-21-2;1-3(2)4(5)6;1-2-3-4-5;1-2/h8-10,14,19-20H,3-7H2,1-2H3;1H2,2H3,(H2,5,6);2H,1,3H2;1-2H3. The second-order valence-corrected chi connectivity index (χ2v) is 6.77. The number of imidazole rings is 1. The van der Waals surface area contributed by atoms with Crippen LogP contribution in [0.1, 0.15) is 45.4 Å². The normalized spacial score (nSPS) is 10.4. The van der Waals surface area contributed by atoms with Crippen molar-refractivity contribution in [3.8, 4) is 6.07 Å². The van der Waals surface area contributed by atoms with Gasteiger partial charge < -0.3 is 25.3 Å². The number of aliphatic hydroxyl groups is 2. The molecule has 10 nitrogen and oxygen atoms in total. The molecule has 4 N–H and O–H groups in total. The quantitative estimate of drug-likeness (QED) is 0.205. The molecule has 0 fully saturated rings. The van der Waals surface area contributed by atoms with Crippen LogP contribution in [0.4, 0.5) is 0 Å². The second-order valence-electron chi connectivity index (χ2n) is 6.77. The van der Waals surface area contributed by atoms with E-state index in [9.17, 15) is 9.90 Å². The van der Waals surface area contributed by atoms with Crippen LogP contribution in [0.3, 0.4) is 0 Å². The average molecular weight is 477 g/mol. The molecular formula is C24H40N6O4. The summed E-state index contributed by atoms with van der Waals surface area (Å²) in [6, 6.07) is 3.73. The van der Waals surface area contributed by atoms with Crippen LogP contribution in [0.25, 0.3) is 11.2 Å². The number of hydrogen-bond acceptors (Lipinski definition) is 8. The lowest BCUT2D eigenvalue weighted by Gasteiger charge is -2.22. The number of nitrogens with two attached hydrogens (primary N) is 1.